The summed E-state index contributed by atoms with van der Waals surface area (Å²) in [4.78, 5) is 26.2. The zero-order valence-electron chi connectivity index (χ0n) is 16.9. The van der Waals surface area contributed by atoms with Gasteiger partial charge in [0.2, 0.25) is 6.79 Å². The standard InChI is InChI=1S/C21H19F4NO5/c1-20(2,3)31-17(27)10-26(12-7-8-15-16(9-12)30-11-29-15)19(28)18-13(21(23,24)25)5-4-6-14(18)22/h4-9H,10-11H2,1-3H3. The molecule has 1 heterocycles. The summed E-state index contributed by atoms with van der Waals surface area (Å²) in [6.45, 7) is 3.95. The molecule has 0 aromatic heterocycles. The van der Waals surface area contributed by atoms with Crippen LogP contribution in [0.1, 0.15) is 36.7 Å². The molecular weight excluding hydrogens is 422 g/mol. The number of fused-ring (bicyclic) bond motifs is 1. The first kappa shape index (κ1) is 22.4. The number of ether oxygens (including phenoxy) is 3. The predicted molar refractivity (Wildman–Crippen MR) is 101 cm³/mol. The maximum atomic E-state index is 14.4. The summed E-state index contributed by atoms with van der Waals surface area (Å²) in [7, 11) is 0. The summed E-state index contributed by atoms with van der Waals surface area (Å²) >= 11 is 0. The van der Waals surface area contributed by atoms with E-state index >= 15 is 0 Å². The fraction of sp³-hybridized carbons (Fsp3) is 0.333. The second-order valence-electron chi connectivity index (χ2n) is 7.68. The summed E-state index contributed by atoms with van der Waals surface area (Å²) in [5.74, 6) is -3.02. The normalized spacial score (nSPS) is 13.1. The third-order valence-electron chi connectivity index (χ3n) is 4.15. The summed E-state index contributed by atoms with van der Waals surface area (Å²) in [6, 6.07) is 6.30. The number of amides is 1. The van der Waals surface area contributed by atoms with Gasteiger partial charge in [0.1, 0.15) is 18.0 Å². The predicted octanol–water partition coefficient (Wildman–Crippen LogP) is 4.56. The third kappa shape index (κ3) is 5.07. The van der Waals surface area contributed by atoms with Gasteiger partial charge in [-0.2, -0.15) is 13.2 Å². The molecule has 6 nitrogen and oxygen atoms in total. The van der Waals surface area contributed by atoms with Crippen LogP contribution in [0.25, 0.3) is 0 Å². The number of nitrogens with zero attached hydrogens (tertiary/aromatic N) is 1. The lowest BCUT2D eigenvalue weighted by Crippen LogP contribution is -2.40. The molecule has 0 saturated heterocycles. The molecule has 31 heavy (non-hydrogen) atoms. The molecule has 10 heteroatoms. The fourth-order valence-electron chi connectivity index (χ4n) is 2.95. The molecule has 0 atom stereocenters. The van der Waals surface area contributed by atoms with Crippen molar-refractivity contribution in [3.8, 4) is 11.5 Å². The molecule has 166 valence electrons. The van der Waals surface area contributed by atoms with Gasteiger partial charge in [0.15, 0.2) is 11.5 Å². The van der Waals surface area contributed by atoms with E-state index in [9.17, 15) is 27.2 Å². The minimum Gasteiger partial charge on any atom is -0.459 e. The zero-order valence-corrected chi connectivity index (χ0v) is 16.9. The van der Waals surface area contributed by atoms with Crippen molar-refractivity contribution in [2.24, 2.45) is 0 Å². The number of alkyl halides is 3. The second-order valence-corrected chi connectivity index (χ2v) is 7.68. The highest BCUT2D eigenvalue weighted by Gasteiger charge is 2.39. The lowest BCUT2D eigenvalue weighted by molar-refractivity contribution is -0.152. The van der Waals surface area contributed by atoms with Gasteiger partial charge in [0.05, 0.1) is 11.1 Å². The average molecular weight is 441 g/mol. The molecule has 0 N–H and O–H groups in total. The summed E-state index contributed by atoms with van der Waals surface area (Å²) in [5.41, 5.74) is -3.55. The smallest absolute Gasteiger partial charge is 0.417 e. The zero-order chi connectivity index (χ0) is 23.0. The molecule has 0 aliphatic carbocycles. The Morgan fingerprint density at radius 2 is 1.74 bits per heavy atom. The minimum atomic E-state index is -4.99. The third-order valence-corrected chi connectivity index (χ3v) is 4.15. The van der Waals surface area contributed by atoms with Gasteiger partial charge in [0.25, 0.3) is 5.91 Å². The van der Waals surface area contributed by atoms with Crippen molar-refractivity contribution in [1.29, 1.82) is 0 Å². The van der Waals surface area contributed by atoms with Crippen molar-refractivity contribution >= 4 is 17.6 Å². The fourth-order valence-corrected chi connectivity index (χ4v) is 2.95. The molecule has 0 bridgehead atoms. The van der Waals surface area contributed by atoms with Gasteiger partial charge in [-0.3, -0.25) is 14.5 Å². The number of carbonyl (C=O) groups excluding carboxylic acids is 2. The van der Waals surface area contributed by atoms with Crippen LogP contribution >= 0.6 is 0 Å². The highest BCUT2D eigenvalue weighted by Crippen LogP contribution is 2.38. The summed E-state index contributed by atoms with van der Waals surface area (Å²) in [6.07, 6.45) is -4.99. The molecule has 0 radical (unpaired) electrons. The van der Waals surface area contributed by atoms with Crippen LogP contribution in [0.15, 0.2) is 36.4 Å². The van der Waals surface area contributed by atoms with Gasteiger partial charge < -0.3 is 14.2 Å². The van der Waals surface area contributed by atoms with Crippen molar-refractivity contribution in [2.75, 3.05) is 18.2 Å². The molecule has 0 spiro atoms. The molecule has 2 aromatic carbocycles. The van der Waals surface area contributed by atoms with Crippen molar-refractivity contribution in [3.63, 3.8) is 0 Å². The number of rotatable bonds is 4. The Morgan fingerprint density at radius 3 is 2.39 bits per heavy atom. The van der Waals surface area contributed by atoms with Gasteiger partial charge in [0, 0.05) is 11.8 Å². The monoisotopic (exact) mass is 441 g/mol. The van der Waals surface area contributed by atoms with Crippen LogP contribution in [0.4, 0.5) is 23.2 Å². The largest absolute Gasteiger partial charge is 0.459 e. The van der Waals surface area contributed by atoms with E-state index in [1.807, 2.05) is 0 Å². The molecule has 2 aromatic rings. The van der Waals surface area contributed by atoms with E-state index in [1.165, 1.54) is 18.2 Å². The van der Waals surface area contributed by atoms with Crippen LogP contribution in [0.2, 0.25) is 0 Å². The second kappa shape index (κ2) is 8.09. The highest BCUT2D eigenvalue weighted by molar-refractivity contribution is 6.09. The van der Waals surface area contributed by atoms with E-state index in [0.29, 0.717) is 16.7 Å². The Hall–Kier alpha value is -3.30. The van der Waals surface area contributed by atoms with E-state index in [1.54, 1.807) is 20.8 Å². The first-order valence-electron chi connectivity index (χ1n) is 9.16. The van der Waals surface area contributed by atoms with Crippen molar-refractivity contribution in [1.82, 2.24) is 0 Å². The molecule has 1 aliphatic heterocycles. The molecule has 0 fully saturated rings. The quantitative estimate of drug-likeness (QED) is 0.514. The molecule has 0 saturated carbocycles. The molecule has 0 unspecified atom stereocenters. The van der Waals surface area contributed by atoms with Gasteiger partial charge in [-0.1, -0.05) is 6.07 Å². The van der Waals surface area contributed by atoms with Crippen molar-refractivity contribution < 1.29 is 41.4 Å². The Balaban J connectivity index is 2.07. The van der Waals surface area contributed by atoms with Crippen LogP contribution in [0, 0.1) is 5.82 Å². The maximum absolute atomic E-state index is 14.4. The Kier molecular flexibility index (Phi) is 5.84. The first-order chi connectivity index (χ1) is 14.4. The molecule has 1 aliphatic rings. The first-order valence-corrected chi connectivity index (χ1v) is 9.16. The van der Waals surface area contributed by atoms with Crippen LogP contribution < -0.4 is 14.4 Å². The molecule has 1 amide bonds. The van der Waals surface area contributed by atoms with E-state index in [2.05, 4.69) is 0 Å². The number of hydrogen-bond donors (Lipinski definition) is 0. The van der Waals surface area contributed by atoms with Gasteiger partial charge in [-0.25, -0.2) is 4.39 Å². The van der Waals surface area contributed by atoms with Gasteiger partial charge >= 0.3 is 12.1 Å². The van der Waals surface area contributed by atoms with Crippen molar-refractivity contribution in [2.45, 2.75) is 32.5 Å². The van der Waals surface area contributed by atoms with Crippen LogP contribution in [0.5, 0.6) is 11.5 Å². The number of carbonyl (C=O) groups is 2. The Morgan fingerprint density at radius 1 is 1.06 bits per heavy atom. The molecular formula is C21H19F4NO5. The van der Waals surface area contributed by atoms with Gasteiger partial charge in [-0.15, -0.1) is 0 Å². The lowest BCUT2D eigenvalue weighted by Gasteiger charge is -2.26. The van der Waals surface area contributed by atoms with E-state index < -0.39 is 47.1 Å². The van der Waals surface area contributed by atoms with E-state index in [-0.39, 0.29) is 18.2 Å². The average Bonchev–Trinajstić information content (AvgIpc) is 3.11. The van der Waals surface area contributed by atoms with Gasteiger partial charge in [-0.05, 0) is 45.0 Å². The number of benzene rings is 2. The van der Waals surface area contributed by atoms with Crippen molar-refractivity contribution in [3.05, 3.63) is 53.3 Å². The topological polar surface area (TPSA) is 65.1 Å². The Labute approximate surface area is 175 Å². The highest BCUT2D eigenvalue weighted by atomic mass is 19.4. The lowest BCUT2D eigenvalue weighted by atomic mass is 10.0. The SMILES string of the molecule is CC(C)(C)OC(=O)CN(C(=O)c1c(F)cccc1C(F)(F)F)c1ccc2c(c1)OCO2. The van der Waals surface area contributed by atoms with Crippen LogP contribution in [-0.4, -0.2) is 30.8 Å². The van der Waals surface area contributed by atoms with Crippen LogP contribution in [-0.2, 0) is 15.7 Å². The van der Waals surface area contributed by atoms with E-state index in [0.717, 1.165) is 12.1 Å². The summed E-state index contributed by atoms with van der Waals surface area (Å²) in [5, 5.41) is 0. The number of anilines is 1. The number of hydrogen-bond acceptors (Lipinski definition) is 5. The Bertz CT molecular complexity index is 1010. The maximum Gasteiger partial charge on any atom is 0.417 e. The van der Waals surface area contributed by atoms with Crippen LogP contribution in [0.3, 0.4) is 0 Å². The van der Waals surface area contributed by atoms with E-state index in [4.69, 9.17) is 14.2 Å². The molecule has 3 rings (SSSR count). The summed E-state index contributed by atoms with van der Waals surface area (Å²) < 4.78 is 70.4. The number of esters is 1. The minimum absolute atomic E-state index is 0.0106. The number of halogens is 4.